The number of hydrogen-bond donors (Lipinski definition) is 1. The van der Waals surface area contributed by atoms with Crippen LogP contribution in [0.1, 0.15) is 24.1 Å². The summed E-state index contributed by atoms with van der Waals surface area (Å²) in [6, 6.07) is 1.94. The molecule has 5 heteroatoms. The van der Waals surface area contributed by atoms with E-state index in [1.807, 2.05) is 0 Å². The number of rotatable bonds is 2. The summed E-state index contributed by atoms with van der Waals surface area (Å²) < 4.78 is 50.4. The second kappa shape index (κ2) is 4.18. The van der Waals surface area contributed by atoms with Crippen LogP contribution in [0, 0.1) is 5.82 Å². The second-order valence-corrected chi connectivity index (χ2v) is 3.24. The molecular formula is C10H11F4N. The molecule has 0 saturated heterocycles. The molecule has 84 valence electrons. The van der Waals surface area contributed by atoms with Crippen molar-refractivity contribution in [2.45, 2.75) is 19.1 Å². The van der Waals surface area contributed by atoms with Gasteiger partial charge in [-0.2, -0.15) is 13.2 Å². The topological polar surface area (TPSA) is 12.0 Å². The van der Waals surface area contributed by atoms with Crippen molar-refractivity contribution in [1.82, 2.24) is 5.32 Å². The fraction of sp³-hybridized carbons (Fsp3) is 0.400. The van der Waals surface area contributed by atoms with E-state index in [9.17, 15) is 17.6 Å². The van der Waals surface area contributed by atoms with Gasteiger partial charge in [0.1, 0.15) is 5.82 Å². The normalized spacial score (nSPS) is 14.0. The highest BCUT2D eigenvalue weighted by molar-refractivity contribution is 5.32. The smallest absolute Gasteiger partial charge is 0.313 e. The maximum atomic E-state index is 12.8. The van der Waals surface area contributed by atoms with Crippen molar-refractivity contribution >= 4 is 0 Å². The predicted octanol–water partition coefficient (Wildman–Crippen LogP) is 3.12. The molecule has 15 heavy (non-hydrogen) atoms. The molecule has 0 aliphatic carbocycles. The van der Waals surface area contributed by atoms with Crippen LogP contribution in [-0.2, 0) is 6.18 Å². The molecule has 0 spiro atoms. The zero-order chi connectivity index (χ0) is 11.6. The zero-order valence-corrected chi connectivity index (χ0v) is 8.32. The lowest BCUT2D eigenvalue weighted by atomic mass is 10.0. The van der Waals surface area contributed by atoms with Crippen molar-refractivity contribution in [1.29, 1.82) is 0 Å². The fourth-order valence-corrected chi connectivity index (χ4v) is 1.31. The molecule has 0 heterocycles. The molecule has 1 atom stereocenters. The van der Waals surface area contributed by atoms with E-state index in [1.54, 1.807) is 6.92 Å². The molecule has 0 fully saturated rings. The fourth-order valence-electron chi connectivity index (χ4n) is 1.31. The summed E-state index contributed by atoms with van der Waals surface area (Å²) in [5, 5.41) is 2.65. The molecule has 0 saturated carbocycles. The van der Waals surface area contributed by atoms with Gasteiger partial charge in [0.15, 0.2) is 0 Å². The van der Waals surface area contributed by atoms with Crippen molar-refractivity contribution < 1.29 is 17.6 Å². The highest BCUT2D eigenvalue weighted by Gasteiger charge is 2.34. The number of halogens is 4. The minimum Gasteiger partial charge on any atom is -0.313 e. The summed E-state index contributed by atoms with van der Waals surface area (Å²) in [6.07, 6.45) is -4.45. The van der Waals surface area contributed by atoms with Crippen LogP contribution in [0.25, 0.3) is 0 Å². The molecule has 0 radical (unpaired) electrons. The van der Waals surface area contributed by atoms with Gasteiger partial charge in [0, 0.05) is 6.04 Å². The van der Waals surface area contributed by atoms with Crippen LogP contribution in [0.5, 0.6) is 0 Å². The van der Waals surface area contributed by atoms with Crippen molar-refractivity contribution in [2.75, 3.05) is 7.05 Å². The predicted molar refractivity (Wildman–Crippen MR) is 48.9 cm³/mol. The van der Waals surface area contributed by atoms with Gasteiger partial charge in [-0.05, 0) is 37.7 Å². The molecule has 1 N–H and O–H groups in total. The van der Waals surface area contributed by atoms with Gasteiger partial charge in [-0.25, -0.2) is 4.39 Å². The lowest BCUT2D eigenvalue weighted by molar-refractivity contribution is -0.138. The second-order valence-electron chi connectivity index (χ2n) is 3.24. The van der Waals surface area contributed by atoms with Crippen LogP contribution < -0.4 is 5.32 Å². The van der Waals surface area contributed by atoms with Crippen molar-refractivity contribution in [3.8, 4) is 0 Å². The third-order valence-electron chi connectivity index (χ3n) is 2.22. The molecule has 1 rings (SSSR count). The molecular weight excluding hydrogens is 210 g/mol. The Balaban J connectivity index is 3.27. The van der Waals surface area contributed by atoms with Crippen molar-refractivity contribution in [3.63, 3.8) is 0 Å². The summed E-state index contributed by atoms with van der Waals surface area (Å²) >= 11 is 0. The molecule has 0 aliphatic heterocycles. The largest absolute Gasteiger partial charge is 0.416 e. The zero-order valence-electron chi connectivity index (χ0n) is 8.32. The van der Waals surface area contributed by atoms with Crippen LogP contribution in [-0.4, -0.2) is 7.05 Å². The van der Waals surface area contributed by atoms with Crippen LogP contribution in [0.3, 0.4) is 0 Å². The average molecular weight is 221 g/mol. The molecule has 0 aromatic heterocycles. The van der Waals surface area contributed by atoms with Crippen molar-refractivity contribution in [3.05, 3.63) is 35.1 Å². The van der Waals surface area contributed by atoms with Gasteiger partial charge in [-0.15, -0.1) is 0 Å². The van der Waals surface area contributed by atoms with Gasteiger partial charge in [0.05, 0.1) is 5.56 Å². The monoisotopic (exact) mass is 221 g/mol. The Morgan fingerprint density at radius 2 is 1.87 bits per heavy atom. The highest BCUT2D eigenvalue weighted by atomic mass is 19.4. The van der Waals surface area contributed by atoms with Crippen LogP contribution >= 0.6 is 0 Å². The quantitative estimate of drug-likeness (QED) is 0.756. The van der Waals surface area contributed by atoms with Crippen molar-refractivity contribution in [2.24, 2.45) is 0 Å². The molecule has 1 aromatic carbocycles. The Morgan fingerprint density at radius 1 is 1.27 bits per heavy atom. The van der Waals surface area contributed by atoms with Crippen LogP contribution in [0.4, 0.5) is 17.6 Å². The third kappa shape index (κ3) is 2.68. The summed E-state index contributed by atoms with van der Waals surface area (Å²) in [6.45, 7) is 1.55. The van der Waals surface area contributed by atoms with Gasteiger partial charge >= 0.3 is 6.18 Å². The Labute approximate surface area is 85.1 Å². The first kappa shape index (κ1) is 12.0. The molecule has 0 bridgehead atoms. The molecule has 1 aromatic rings. The Morgan fingerprint density at radius 3 is 2.33 bits per heavy atom. The number of alkyl halides is 3. The molecule has 0 aliphatic rings. The average Bonchev–Trinajstić information content (AvgIpc) is 2.14. The number of nitrogens with one attached hydrogen (secondary N) is 1. The minimum absolute atomic E-state index is 0.0787. The first-order valence-electron chi connectivity index (χ1n) is 4.40. The Bertz CT molecular complexity index is 346. The van der Waals surface area contributed by atoms with E-state index in [1.165, 1.54) is 7.05 Å². The van der Waals surface area contributed by atoms with Crippen LogP contribution in [0.15, 0.2) is 18.2 Å². The first-order valence-corrected chi connectivity index (χ1v) is 4.40. The SMILES string of the molecule is CNC(C)c1cc(F)ccc1C(F)(F)F. The Kier molecular flexibility index (Phi) is 3.34. The maximum Gasteiger partial charge on any atom is 0.416 e. The van der Waals surface area contributed by atoms with E-state index in [0.29, 0.717) is 0 Å². The van der Waals surface area contributed by atoms with Gasteiger partial charge in [0.2, 0.25) is 0 Å². The van der Waals surface area contributed by atoms with E-state index in [2.05, 4.69) is 5.32 Å². The highest BCUT2D eigenvalue weighted by Crippen LogP contribution is 2.34. The van der Waals surface area contributed by atoms with E-state index in [4.69, 9.17) is 0 Å². The van der Waals surface area contributed by atoms with Crippen LogP contribution in [0.2, 0.25) is 0 Å². The third-order valence-corrected chi connectivity index (χ3v) is 2.22. The van der Waals surface area contributed by atoms with Gasteiger partial charge in [0.25, 0.3) is 0 Å². The lowest BCUT2D eigenvalue weighted by Gasteiger charge is -2.17. The van der Waals surface area contributed by atoms with Gasteiger partial charge in [-0.1, -0.05) is 0 Å². The van der Waals surface area contributed by atoms with E-state index >= 15 is 0 Å². The first-order chi connectivity index (χ1) is 6.86. The van der Waals surface area contributed by atoms with E-state index in [-0.39, 0.29) is 5.56 Å². The van der Waals surface area contributed by atoms with Gasteiger partial charge < -0.3 is 5.32 Å². The Hall–Kier alpha value is -1.10. The molecule has 1 nitrogen and oxygen atoms in total. The standard InChI is InChI=1S/C10H11F4N/c1-6(15-2)8-5-7(11)3-4-9(8)10(12,13)14/h3-6,15H,1-2H3. The summed E-state index contributed by atoms with van der Waals surface area (Å²) in [5.41, 5.74) is -0.879. The molecule has 0 amide bonds. The minimum atomic E-state index is -4.45. The lowest BCUT2D eigenvalue weighted by Crippen LogP contribution is -2.18. The number of benzene rings is 1. The maximum absolute atomic E-state index is 12.8. The summed E-state index contributed by atoms with van der Waals surface area (Å²) in [5.74, 6) is -0.667. The van der Waals surface area contributed by atoms with E-state index < -0.39 is 23.6 Å². The summed E-state index contributed by atoms with van der Waals surface area (Å²) in [7, 11) is 1.52. The summed E-state index contributed by atoms with van der Waals surface area (Å²) in [4.78, 5) is 0. The van der Waals surface area contributed by atoms with Gasteiger partial charge in [-0.3, -0.25) is 0 Å². The van der Waals surface area contributed by atoms with E-state index in [0.717, 1.165) is 18.2 Å². The number of hydrogen-bond acceptors (Lipinski definition) is 1. The molecule has 1 unspecified atom stereocenters.